The van der Waals surface area contributed by atoms with Gasteiger partial charge in [0.1, 0.15) is 17.7 Å². The molecular weight excluding hydrogens is 479 g/mol. The highest BCUT2D eigenvalue weighted by Crippen LogP contribution is 2.27. The van der Waals surface area contributed by atoms with Crippen molar-refractivity contribution in [2.24, 2.45) is 5.92 Å². The van der Waals surface area contributed by atoms with E-state index in [2.05, 4.69) is 15.8 Å². The van der Waals surface area contributed by atoms with Gasteiger partial charge in [0.2, 0.25) is 15.9 Å². The van der Waals surface area contributed by atoms with Gasteiger partial charge in [-0.15, -0.1) is 0 Å². The second kappa shape index (κ2) is 10.9. The second-order valence-corrected chi connectivity index (χ2v) is 10.0. The van der Waals surface area contributed by atoms with Crippen LogP contribution in [0, 0.1) is 30.0 Å². The minimum Gasteiger partial charge on any atom is -0.483 e. The number of pyridine rings is 1. The van der Waals surface area contributed by atoms with E-state index < -0.39 is 33.4 Å². The van der Waals surface area contributed by atoms with Crippen molar-refractivity contribution in [3.8, 4) is 6.07 Å². The predicted molar refractivity (Wildman–Crippen MR) is 129 cm³/mol. The van der Waals surface area contributed by atoms with Gasteiger partial charge in [-0.25, -0.2) is 17.8 Å². The number of hydrogen-bond donors (Lipinski definition) is 1. The molecule has 1 saturated heterocycles. The molecule has 8 nitrogen and oxygen atoms in total. The molecule has 0 atom stereocenters. The first-order valence-electron chi connectivity index (χ1n) is 10.8. The third-order valence-corrected chi connectivity index (χ3v) is 7.06. The summed E-state index contributed by atoms with van der Waals surface area (Å²) in [6.45, 7) is 4.90. The van der Waals surface area contributed by atoms with E-state index in [4.69, 9.17) is 17.0 Å². The first-order valence-corrected chi connectivity index (χ1v) is 12.8. The molecule has 1 aliphatic rings. The van der Waals surface area contributed by atoms with Gasteiger partial charge in [0.05, 0.1) is 29.2 Å². The maximum absolute atomic E-state index is 13.0. The number of amides is 1. The molecular formula is C23H25FN4O4S2. The number of anilines is 1. The van der Waals surface area contributed by atoms with Crippen molar-refractivity contribution in [2.45, 2.75) is 32.4 Å². The number of carbonyl (C=O) groups is 1. The van der Waals surface area contributed by atoms with Gasteiger partial charge in [-0.05, 0) is 62.7 Å². The lowest BCUT2D eigenvalue weighted by Gasteiger charge is -2.32. The molecule has 1 aromatic carbocycles. The molecule has 0 spiro atoms. The van der Waals surface area contributed by atoms with Crippen LogP contribution in [0.4, 0.5) is 10.2 Å². The first kappa shape index (κ1) is 25.5. The summed E-state index contributed by atoms with van der Waals surface area (Å²) in [6, 6.07) is 8.89. The van der Waals surface area contributed by atoms with Gasteiger partial charge in [0.25, 0.3) is 0 Å². The Labute approximate surface area is 203 Å². The van der Waals surface area contributed by atoms with Crippen LogP contribution in [-0.2, 0) is 25.3 Å². The van der Waals surface area contributed by atoms with Crippen LogP contribution in [0.2, 0.25) is 0 Å². The average molecular weight is 505 g/mol. The number of aromatic nitrogens is 1. The van der Waals surface area contributed by atoms with Crippen LogP contribution in [0.3, 0.4) is 0 Å². The van der Waals surface area contributed by atoms with E-state index in [1.54, 1.807) is 13.0 Å². The van der Waals surface area contributed by atoms with Crippen LogP contribution in [0.5, 0.6) is 0 Å². The van der Waals surface area contributed by atoms with Crippen molar-refractivity contribution < 1.29 is 22.3 Å². The zero-order valence-corrected chi connectivity index (χ0v) is 20.5. The number of nitriles is 1. The molecule has 2 aromatic rings. The van der Waals surface area contributed by atoms with Crippen LogP contribution in [0.1, 0.15) is 42.1 Å². The van der Waals surface area contributed by atoms with Crippen LogP contribution in [-0.4, -0.2) is 44.1 Å². The number of aryl methyl sites for hydroxylation is 1. The highest BCUT2D eigenvalue weighted by atomic mass is 32.2. The Morgan fingerprint density at radius 1 is 1.32 bits per heavy atom. The van der Waals surface area contributed by atoms with Crippen molar-refractivity contribution in [2.75, 3.05) is 24.6 Å². The molecule has 1 N–H and O–H groups in total. The Bertz CT molecular complexity index is 1220. The second-order valence-electron chi connectivity index (χ2n) is 7.94. The normalized spacial score (nSPS) is 14.4. The molecule has 11 heteroatoms. The van der Waals surface area contributed by atoms with Crippen molar-refractivity contribution in [1.29, 1.82) is 5.26 Å². The van der Waals surface area contributed by atoms with Gasteiger partial charge in [-0.1, -0.05) is 12.1 Å². The van der Waals surface area contributed by atoms with E-state index in [-0.39, 0.29) is 5.05 Å². The quantitative estimate of drug-likeness (QED) is 0.573. The molecule has 180 valence electrons. The minimum absolute atomic E-state index is 0.285. The number of hydrogen-bond acceptors (Lipinski definition) is 8. The number of carbonyl (C=O) groups excluding carboxylic acids is 1. The fraction of sp³-hybridized carbons (Fsp3) is 0.391. The number of rotatable bonds is 7. The lowest BCUT2D eigenvalue weighted by Crippen LogP contribution is -2.43. The fourth-order valence-electron chi connectivity index (χ4n) is 3.76. The SMILES string of the molecule is CCOC(=S)c1cc(C#N)c(N2CCC(C(=O)NS(=O)(=O)Cc3ccc(F)cc3)CC2)nc1C. The van der Waals surface area contributed by atoms with Gasteiger partial charge in [-0.2, -0.15) is 5.26 Å². The van der Waals surface area contributed by atoms with Crippen LogP contribution >= 0.6 is 12.2 Å². The van der Waals surface area contributed by atoms with Gasteiger partial charge in [-0.3, -0.25) is 9.52 Å². The predicted octanol–water partition coefficient (Wildman–Crippen LogP) is 2.98. The van der Waals surface area contributed by atoms with Gasteiger partial charge in [0, 0.05) is 19.0 Å². The third-order valence-electron chi connectivity index (χ3n) is 5.50. The molecule has 1 amide bonds. The van der Waals surface area contributed by atoms with Gasteiger partial charge in [0.15, 0.2) is 5.05 Å². The Balaban J connectivity index is 1.64. The Hall–Kier alpha value is -3.10. The van der Waals surface area contributed by atoms with Crippen molar-refractivity contribution in [1.82, 2.24) is 9.71 Å². The van der Waals surface area contributed by atoms with E-state index in [0.29, 0.717) is 60.7 Å². The zero-order chi connectivity index (χ0) is 24.9. The molecule has 2 heterocycles. The number of sulfonamides is 1. The van der Waals surface area contributed by atoms with E-state index in [9.17, 15) is 22.9 Å². The summed E-state index contributed by atoms with van der Waals surface area (Å²) < 4.78 is 45.3. The number of ether oxygens (including phenoxy) is 1. The summed E-state index contributed by atoms with van der Waals surface area (Å²) in [5.41, 5.74) is 1.97. The fourth-order valence-corrected chi connectivity index (χ4v) is 5.26. The van der Waals surface area contributed by atoms with Crippen molar-refractivity contribution in [3.63, 3.8) is 0 Å². The van der Waals surface area contributed by atoms with E-state index in [1.807, 2.05) is 11.8 Å². The molecule has 0 radical (unpaired) electrons. The third kappa shape index (κ3) is 6.27. The maximum atomic E-state index is 13.0. The monoisotopic (exact) mass is 504 g/mol. The Morgan fingerprint density at radius 2 is 1.97 bits per heavy atom. The van der Waals surface area contributed by atoms with Crippen molar-refractivity contribution in [3.05, 3.63) is 58.5 Å². The summed E-state index contributed by atoms with van der Waals surface area (Å²) in [5, 5.41) is 9.91. The summed E-state index contributed by atoms with van der Waals surface area (Å²) in [7, 11) is -3.91. The molecule has 1 aliphatic heterocycles. The zero-order valence-electron chi connectivity index (χ0n) is 18.9. The van der Waals surface area contributed by atoms with E-state index >= 15 is 0 Å². The number of piperidine rings is 1. The highest BCUT2D eigenvalue weighted by Gasteiger charge is 2.29. The van der Waals surface area contributed by atoms with Crippen molar-refractivity contribution >= 4 is 39.0 Å². The lowest BCUT2D eigenvalue weighted by molar-refractivity contribution is -0.123. The summed E-state index contributed by atoms with van der Waals surface area (Å²) in [5.74, 6) is -1.43. The smallest absolute Gasteiger partial charge is 0.239 e. The summed E-state index contributed by atoms with van der Waals surface area (Å²) >= 11 is 5.25. The number of nitrogens with zero attached hydrogens (tertiary/aromatic N) is 3. The van der Waals surface area contributed by atoms with Gasteiger partial charge < -0.3 is 9.64 Å². The average Bonchev–Trinajstić information content (AvgIpc) is 2.80. The van der Waals surface area contributed by atoms with Crippen LogP contribution < -0.4 is 9.62 Å². The first-order chi connectivity index (χ1) is 16.1. The van der Waals surface area contributed by atoms with E-state index in [1.165, 1.54) is 24.3 Å². The molecule has 0 bridgehead atoms. The number of nitrogens with one attached hydrogen (secondary N) is 1. The van der Waals surface area contributed by atoms with Gasteiger partial charge >= 0.3 is 0 Å². The van der Waals surface area contributed by atoms with E-state index in [0.717, 1.165) is 0 Å². The molecule has 0 aliphatic carbocycles. The Kier molecular flexibility index (Phi) is 8.17. The number of benzene rings is 1. The summed E-state index contributed by atoms with van der Waals surface area (Å²) in [4.78, 5) is 19.1. The number of halogens is 1. The molecule has 0 saturated carbocycles. The largest absolute Gasteiger partial charge is 0.483 e. The lowest BCUT2D eigenvalue weighted by atomic mass is 9.96. The molecule has 3 rings (SSSR count). The molecule has 34 heavy (non-hydrogen) atoms. The molecule has 0 unspecified atom stereocenters. The minimum atomic E-state index is -3.91. The maximum Gasteiger partial charge on any atom is 0.239 e. The summed E-state index contributed by atoms with van der Waals surface area (Å²) in [6.07, 6.45) is 0.811. The highest BCUT2D eigenvalue weighted by molar-refractivity contribution is 7.89. The molecule has 1 aromatic heterocycles. The van der Waals surface area contributed by atoms with Crippen LogP contribution in [0.15, 0.2) is 30.3 Å². The number of thiocarbonyl (C=S) groups is 1. The molecule has 1 fully saturated rings. The van der Waals surface area contributed by atoms with Crippen LogP contribution in [0.25, 0.3) is 0 Å². The topological polar surface area (TPSA) is 112 Å². The Morgan fingerprint density at radius 3 is 2.56 bits per heavy atom. The standard InChI is InChI=1S/C23H25FN4O4S2/c1-3-32-23(33)20-12-18(13-25)21(26-15(20)2)28-10-8-17(9-11-28)22(29)27-34(30,31)14-16-4-6-19(24)7-5-16/h4-7,12,17H,3,8-11,14H2,1-2H3,(H,27,29).